The lowest BCUT2D eigenvalue weighted by Gasteiger charge is -2.32. The molecule has 0 bridgehead atoms. The van der Waals surface area contributed by atoms with Gasteiger partial charge in [0, 0.05) is 53.4 Å². The van der Waals surface area contributed by atoms with Crippen LogP contribution in [-0.4, -0.2) is 71.2 Å². The first-order valence-electron chi connectivity index (χ1n) is 15.1. The third kappa shape index (κ3) is 11.1. The highest BCUT2D eigenvalue weighted by Crippen LogP contribution is 2.36. The second kappa shape index (κ2) is 14.7. The number of hydrogen-bond acceptors (Lipinski definition) is 12. The summed E-state index contributed by atoms with van der Waals surface area (Å²) in [7, 11) is -0.536. The van der Waals surface area contributed by atoms with Gasteiger partial charge in [0.1, 0.15) is 16.4 Å². The zero-order chi connectivity index (χ0) is 36.1. The molecule has 1 fully saturated rings. The molecule has 0 aliphatic carbocycles. The van der Waals surface area contributed by atoms with Crippen molar-refractivity contribution in [3.63, 3.8) is 0 Å². The van der Waals surface area contributed by atoms with Gasteiger partial charge in [-0.2, -0.15) is 19.6 Å². The van der Waals surface area contributed by atoms with Gasteiger partial charge in [-0.05, 0) is 93.5 Å². The van der Waals surface area contributed by atoms with Gasteiger partial charge >= 0.3 is 19.3 Å². The maximum Gasteiger partial charge on any atom is 0.498 e. The molecule has 5 heterocycles. The van der Waals surface area contributed by atoms with Crippen molar-refractivity contribution in [1.82, 2.24) is 29.5 Å². The molecule has 4 aromatic rings. The highest BCUT2D eigenvalue weighted by Gasteiger charge is 2.52. The summed E-state index contributed by atoms with van der Waals surface area (Å²) in [6.07, 6.45) is 8.38. The van der Waals surface area contributed by atoms with Crippen LogP contribution in [-0.2, 0) is 18.8 Å². The SMILES string of the molecule is CC(C)(C)OC(=O)n1cc(-c2cc(N)ccn2)cn1.CC(C)(C)OC(=O)n1cc(B2OC(C)(C)C(C)(C)O2)cn1.Nc1ccnc(Cl)c1. The third-order valence-corrected chi connectivity index (χ3v) is 6.91. The van der Waals surface area contributed by atoms with Crippen molar-refractivity contribution in [3.8, 4) is 11.3 Å². The zero-order valence-corrected chi connectivity index (χ0v) is 29.8. The molecule has 0 spiro atoms. The van der Waals surface area contributed by atoms with Gasteiger partial charge in [0.25, 0.3) is 0 Å². The molecule has 4 aromatic heterocycles. The first-order chi connectivity index (χ1) is 22.0. The lowest BCUT2D eigenvalue weighted by atomic mass is 9.82. The molecule has 4 N–H and O–H groups in total. The van der Waals surface area contributed by atoms with Gasteiger partial charge in [0.05, 0.1) is 23.1 Å². The third-order valence-electron chi connectivity index (χ3n) is 6.70. The van der Waals surface area contributed by atoms with Crippen LogP contribution in [0.25, 0.3) is 11.3 Å². The summed E-state index contributed by atoms with van der Waals surface area (Å²) in [5, 5.41) is 8.43. The average molecular weight is 683 g/mol. The predicted octanol–water partition coefficient (Wildman–Crippen LogP) is 5.59. The number of ether oxygens (including phenoxy) is 2. The number of carbonyl (C=O) groups excluding carboxylic acids is 2. The van der Waals surface area contributed by atoms with E-state index in [0.717, 1.165) is 9.36 Å². The van der Waals surface area contributed by atoms with Crippen LogP contribution < -0.4 is 16.9 Å². The van der Waals surface area contributed by atoms with Crippen molar-refractivity contribution in [2.45, 2.75) is 91.6 Å². The van der Waals surface area contributed by atoms with Crippen molar-refractivity contribution in [1.29, 1.82) is 0 Å². The molecule has 0 saturated carbocycles. The molecule has 0 unspecified atom stereocenters. The van der Waals surface area contributed by atoms with Crippen LogP contribution in [0.15, 0.2) is 61.4 Å². The van der Waals surface area contributed by atoms with Gasteiger partial charge in [-0.1, -0.05) is 11.6 Å². The summed E-state index contributed by atoms with van der Waals surface area (Å²) in [6, 6.07) is 6.70. The fourth-order valence-electron chi connectivity index (χ4n) is 3.73. The Hall–Kier alpha value is -4.47. The zero-order valence-electron chi connectivity index (χ0n) is 29.0. The number of aromatic nitrogens is 6. The van der Waals surface area contributed by atoms with E-state index in [1.165, 1.54) is 0 Å². The van der Waals surface area contributed by atoms with Crippen molar-refractivity contribution in [2.75, 3.05) is 11.5 Å². The number of nitrogens with zero attached hydrogens (tertiary/aromatic N) is 6. The largest absolute Gasteiger partial charge is 0.498 e. The molecule has 0 radical (unpaired) electrons. The predicted molar refractivity (Wildman–Crippen MR) is 185 cm³/mol. The average Bonchev–Trinajstić information content (AvgIpc) is 3.66. The molecule has 5 rings (SSSR count). The second-order valence-corrected chi connectivity index (χ2v) is 14.2. The van der Waals surface area contributed by atoms with Crippen molar-refractivity contribution in [2.24, 2.45) is 0 Å². The second-order valence-electron chi connectivity index (χ2n) is 13.8. The van der Waals surface area contributed by atoms with Crippen molar-refractivity contribution in [3.05, 3.63) is 66.6 Å². The molecule has 48 heavy (non-hydrogen) atoms. The maximum absolute atomic E-state index is 11.9. The van der Waals surface area contributed by atoms with Crippen LogP contribution in [0.1, 0.15) is 69.2 Å². The molecular weight excluding hydrogens is 639 g/mol. The summed E-state index contributed by atoms with van der Waals surface area (Å²) >= 11 is 5.45. The van der Waals surface area contributed by atoms with E-state index >= 15 is 0 Å². The van der Waals surface area contributed by atoms with E-state index in [4.69, 9.17) is 41.9 Å². The minimum atomic E-state index is -0.562. The van der Waals surface area contributed by atoms with E-state index in [9.17, 15) is 9.59 Å². The van der Waals surface area contributed by atoms with Gasteiger partial charge < -0.3 is 30.2 Å². The molecule has 14 nitrogen and oxygen atoms in total. The van der Waals surface area contributed by atoms with Gasteiger partial charge in [0.2, 0.25) is 0 Å². The Bertz CT molecular complexity index is 1680. The molecule has 0 aromatic carbocycles. The quantitative estimate of drug-likeness (QED) is 0.197. The van der Waals surface area contributed by atoms with Crippen molar-refractivity contribution >= 4 is 47.7 Å². The summed E-state index contributed by atoms with van der Waals surface area (Å²) in [5.41, 5.74) is 12.4. The summed E-state index contributed by atoms with van der Waals surface area (Å²) in [4.78, 5) is 31.6. The minimum absolute atomic E-state index is 0.425. The van der Waals surface area contributed by atoms with E-state index in [1.54, 1.807) is 82.2 Å². The highest BCUT2D eigenvalue weighted by atomic mass is 35.5. The monoisotopic (exact) mass is 682 g/mol. The minimum Gasteiger partial charge on any atom is -0.442 e. The topological polar surface area (TPSA) is 185 Å². The Kier molecular flexibility index (Phi) is 11.7. The highest BCUT2D eigenvalue weighted by molar-refractivity contribution is 6.62. The van der Waals surface area contributed by atoms with Crippen LogP contribution >= 0.6 is 11.6 Å². The van der Waals surface area contributed by atoms with Crippen LogP contribution in [0.3, 0.4) is 0 Å². The number of halogens is 1. The number of rotatable bonds is 2. The summed E-state index contributed by atoms with van der Waals surface area (Å²) < 4.78 is 24.6. The number of nitrogens with two attached hydrogens (primary N) is 2. The van der Waals surface area contributed by atoms with E-state index in [0.29, 0.717) is 33.2 Å². The Balaban J connectivity index is 0.000000213. The Labute approximate surface area is 286 Å². The van der Waals surface area contributed by atoms with E-state index in [-0.39, 0.29) is 0 Å². The maximum atomic E-state index is 11.9. The number of nitrogen functional groups attached to an aromatic ring is 2. The standard InChI is InChI=1S/C14H23BN2O4.C13H16N4O2.C5H5ClN2/c1-12(2,3)19-11(18)17-9-10(8-16-17)15-20-13(4,5)14(6,7)21-15;1-13(2,3)19-12(18)17-8-9(7-16-17)11-6-10(14)4-5-15-11;6-5-3-4(7)1-2-8-5/h8-9H,1-7H3;4-8H,1-3H3,(H2,14,15);1-3H,(H2,7,8). The van der Waals surface area contributed by atoms with Gasteiger partial charge in [-0.15, -0.1) is 0 Å². The molecule has 1 aliphatic heterocycles. The molecule has 1 saturated heterocycles. The van der Waals surface area contributed by atoms with Crippen LogP contribution in [0.5, 0.6) is 0 Å². The molecular formula is C32H44BClN8O6. The summed E-state index contributed by atoms with van der Waals surface area (Å²) in [6.45, 7) is 18.7. The first-order valence-corrected chi connectivity index (χ1v) is 15.4. The fraction of sp³-hybridized carbons (Fsp3) is 0.438. The Morgan fingerprint density at radius 2 is 1.27 bits per heavy atom. The van der Waals surface area contributed by atoms with Crippen molar-refractivity contribution < 1.29 is 28.4 Å². The van der Waals surface area contributed by atoms with Gasteiger partial charge in [-0.3, -0.25) is 4.98 Å². The normalized spacial score (nSPS) is 15.0. The number of anilines is 2. The molecule has 16 heteroatoms. The number of pyridine rings is 2. The van der Waals surface area contributed by atoms with Crippen LogP contribution in [0, 0.1) is 0 Å². The van der Waals surface area contributed by atoms with E-state index < -0.39 is 41.7 Å². The van der Waals surface area contributed by atoms with E-state index in [1.807, 2.05) is 48.5 Å². The molecule has 0 amide bonds. The number of carbonyl (C=O) groups is 2. The van der Waals surface area contributed by atoms with Gasteiger partial charge in [-0.25, -0.2) is 14.6 Å². The molecule has 1 aliphatic rings. The molecule has 0 atom stereocenters. The summed E-state index contributed by atoms with van der Waals surface area (Å²) in [5.74, 6) is 0. The fourth-order valence-corrected chi connectivity index (χ4v) is 3.91. The lowest BCUT2D eigenvalue weighted by Crippen LogP contribution is -2.41. The van der Waals surface area contributed by atoms with Crippen LogP contribution in [0.4, 0.5) is 21.0 Å². The lowest BCUT2D eigenvalue weighted by molar-refractivity contribution is 0.00578. The smallest absolute Gasteiger partial charge is 0.442 e. The van der Waals surface area contributed by atoms with Gasteiger partial charge in [0.15, 0.2) is 0 Å². The Morgan fingerprint density at radius 1 is 0.792 bits per heavy atom. The first kappa shape index (κ1) is 38.0. The molecule has 258 valence electrons. The van der Waals surface area contributed by atoms with Crippen LogP contribution in [0.2, 0.25) is 5.15 Å². The Morgan fingerprint density at radius 3 is 1.73 bits per heavy atom. The van der Waals surface area contributed by atoms with E-state index in [2.05, 4.69) is 20.2 Å². The number of hydrogen-bond donors (Lipinski definition) is 2.